The van der Waals surface area contributed by atoms with Crippen molar-refractivity contribution in [3.63, 3.8) is 0 Å². The number of aryl methyl sites for hydroxylation is 9. The maximum atomic E-state index is 6.73. The smallest absolute Gasteiger partial charge is 0.139 e. The first-order valence-corrected chi connectivity index (χ1v) is 22.0. The molecule has 4 heteroatoms. The molecule has 4 nitrogen and oxygen atoms in total. The number of hydrogen-bond acceptors (Lipinski definition) is 4. The summed E-state index contributed by atoms with van der Waals surface area (Å²) in [6, 6.07) is 51.6. The largest absolute Gasteiger partial charge is 0.456 e. The fourth-order valence-electron chi connectivity index (χ4n) is 9.54. The molecule has 0 aliphatic carbocycles. The Hall–Kier alpha value is -7.30. The van der Waals surface area contributed by atoms with Crippen LogP contribution in [0, 0.1) is 62.3 Å². The Labute approximate surface area is 368 Å². The van der Waals surface area contributed by atoms with Crippen LogP contribution < -0.4 is 9.80 Å². The van der Waals surface area contributed by atoms with Crippen molar-refractivity contribution < 1.29 is 8.83 Å². The molecule has 0 radical (unpaired) electrons. The average molecular weight is 819 g/mol. The summed E-state index contributed by atoms with van der Waals surface area (Å²) in [5.41, 5.74) is 21.6. The Balaban J connectivity index is 1.02. The van der Waals surface area contributed by atoms with E-state index in [2.05, 4.69) is 212 Å². The third kappa shape index (κ3) is 6.35. The molecule has 0 amide bonds. The van der Waals surface area contributed by atoms with Crippen molar-refractivity contribution in [3.05, 3.63) is 190 Å². The van der Waals surface area contributed by atoms with Crippen LogP contribution in [-0.2, 0) is 0 Å². The van der Waals surface area contributed by atoms with Crippen LogP contribution in [0.25, 0.3) is 65.4 Å². The second kappa shape index (κ2) is 14.4. The van der Waals surface area contributed by atoms with Gasteiger partial charge < -0.3 is 18.6 Å². The topological polar surface area (TPSA) is 32.8 Å². The van der Waals surface area contributed by atoms with Gasteiger partial charge in [0.05, 0.1) is 0 Å². The maximum absolute atomic E-state index is 6.73. The monoisotopic (exact) mass is 818 g/mol. The Morgan fingerprint density at radius 2 is 0.587 bits per heavy atom. The van der Waals surface area contributed by atoms with Gasteiger partial charge in [-0.05, 0) is 231 Å². The summed E-state index contributed by atoms with van der Waals surface area (Å²) in [7, 11) is 0. The number of fused-ring (bicyclic) bond motifs is 8. The second-order valence-electron chi connectivity index (χ2n) is 18.0. The van der Waals surface area contributed by atoms with Crippen LogP contribution in [0.5, 0.6) is 0 Å². The number of nitrogens with zero attached hydrogens (tertiary/aromatic N) is 2. The molecule has 0 unspecified atom stereocenters. The Morgan fingerprint density at radius 1 is 0.270 bits per heavy atom. The summed E-state index contributed by atoms with van der Waals surface area (Å²) in [6.07, 6.45) is 0. The van der Waals surface area contributed by atoms with Crippen molar-refractivity contribution in [1.29, 1.82) is 0 Å². The lowest BCUT2D eigenvalue weighted by Crippen LogP contribution is -2.10. The summed E-state index contributed by atoms with van der Waals surface area (Å²) in [6.45, 7) is 19.6. The van der Waals surface area contributed by atoms with Gasteiger partial charge in [0.2, 0.25) is 0 Å². The molecule has 0 N–H and O–H groups in total. The zero-order valence-corrected chi connectivity index (χ0v) is 37.5. The van der Waals surface area contributed by atoms with Crippen molar-refractivity contribution in [2.45, 2.75) is 62.3 Å². The molecule has 0 fully saturated rings. The minimum atomic E-state index is 0.834. The van der Waals surface area contributed by atoms with Gasteiger partial charge in [0, 0.05) is 61.7 Å². The molecular weight excluding hydrogens is 769 g/mol. The minimum absolute atomic E-state index is 0.834. The molecular formula is C59H50N2O2. The van der Waals surface area contributed by atoms with Crippen molar-refractivity contribution in [1.82, 2.24) is 0 Å². The van der Waals surface area contributed by atoms with E-state index in [0.29, 0.717) is 0 Å². The number of anilines is 6. The lowest BCUT2D eigenvalue weighted by atomic mass is 9.98. The van der Waals surface area contributed by atoms with E-state index in [1.54, 1.807) is 0 Å². The van der Waals surface area contributed by atoms with Gasteiger partial charge in [-0.15, -0.1) is 0 Å². The first-order valence-electron chi connectivity index (χ1n) is 22.0. The highest BCUT2D eigenvalue weighted by Gasteiger charge is 2.21. The number of hydrogen-bond donors (Lipinski definition) is 0. The molecule has 0 aliphatic heterocycles. The molecule has 2 aromatic heterocycles. The highest BCUT2D eigenvalue weighted by molar-refractivity contribution is 6.21. The normalized spacial score (nSPS) is 11.9. The molecule has 0 atom stereocenters. The number of furan rings is 2. The van der Waals surface area contributed by atoms with Crippen LogP contribution in [0.2, 0.25) is 0 Å². The van der Waals surface area contributed by atoms with Crippen LogP contribution in [-0.4, -0.2) is 0 Å². The second-order valence-corrected chi connectivity index (χ2v) is 18.0. The number of benzene rings is 9. The van der Waals surface area contributed by atoms with Gasteiger partial charge in [-0.1, -0.05) is 36.4 Å². The third-order valence-corrected chi connectivity index (χ3v) is 13.8. The van der Waals surface area contributed by atoms with Crippen LogP contribution in [0.4, 0.5) is 34.1 Å². The summed E-state index contributed by atoms with van der Waals surface area (Å²) < 4.78 is 13.5. The van der Waals surface area contributed by atoms with Crippen molar-refractivity contribution in [3.8, 4) is 0 Å². The predicted molar refractivity (Wildman–Crippen MR) is 268 cm³/mol. The zero-order valence-electron chi connectivity index (χ0n) is 37.5. The van der Waals surface area contributed by atoms with E-state index >= 15 is 0 Å². The molecule has 0 aliphatic rings. The lowest BCUT2D eigenvalue weighted by molar-refractivity contribution is 0.656. The van der Waals surface area contributed by atoms with E-state index in [1.165, 1.54) is 60.8 Å². The van der Waals surface area contributed by atoms with Gasteiger partial charge in [0.25, 0.3) is 0 Å². The van der Waals surface area contributed by atoms with E-state index in [4.69, 9.17) is 8.83 Å². The van der Waals surface area contributed by atoms with Crippen molar-refractivity contribution in [2.24, 2.45) is 0 Å². The lowest BCUT2D eigenvalue weighted by Gasteiger charge is -2.27. The molecule has 11 aromatic rings. The Bertz CT molecular complexity index is 3350. The van der Waals surface area contributed by atoms with Gasteiger partial charge in [-0.3, -0.25) is 0 Å². The van der Waals surface area contributed by atoms with Gasteiger partial charge >= 0.3 is 0 Å². The molecule has 0 saturated carbocycles. The molecule has 9 aromatic carbocycles. The van der Waals surface area contributed by atoms with Crippen LogP contribution in [0.15, 0.2) is 148 Å². The van der Waals surface area contributed by atoms with Crippen molar-refractivity contribution >= 4 is 99.5 Å². The third-order valence-electron chi connectivity index (χ3n) is 13.8. The molecule has 0 bridgehead atoms. The molecule has 308 valence electrons. The fourth-order valence-corrected chi connectivity index (χ4v) is 9.54. The summed E-state index contributed by atoms with van der Waals surface area (Å²) in [5, 5.41) is 9.08. The average Bonchev–Trinajstić information content (AvgIpc) is 3.81. The Morgan fingerprint density at radius 3 is 0.921 bits per heavy atom. The zero-order chi connectivity index (χ0) is 43.4. The summed E-state index contributed by atoms with van der Waals surface area (Å²) >= 11 is 0. The highest BCUT2D eigenvalue weighted by atomic mass is 16.3. The van der Waals surface area contributed by atoms with Gasteiger partial charge in [0.1, 0.15) is 22.3 Å². The van der Waals surface area contributed by atoms with Gasteiger partial charge in [-0.2, -0.15) is 0 Å². The molecule has 0 spiro atoms. The minimum Gasteiger partial charge on any atom is -0.456 e. The van der Waals surface area contributed by atoms with Crippen molar-refractivity contribution in [2.75, 3.05) is 9.80 Å². The molecule has 11 rings (SSSR count). The predicted octanol–water partition coefficient (Wildman–Crippen LogP) is 17.5. The van der Waals surface area contributed by atoms with Crippen LogP contribution >= 0.6 is 0 Å². The molecule has 2 heterocycles. The quantitative estimate of drug-likeness (QED) is 0.167. The van der Waals surface area contributed by atoms with Crippen LogP contribution in [0.3, 0.4) is 0 Å². The summed E-state index contributed by atoms with van der Waals surface area (Å²) in [5.74, 6) is 0. The van der Waals surface area contributed by atoms with E-state index in [0.717, 1.165) is 88.8 Å². The van der Waals surface area contributed by atoms with Gasteiger partial charge in [0.15, 0.2) is 0 Å². The van der Waals surface area contributed by atoms with Crippen LogP contribution in [0.1, 0.15) is 50.1 Å². The fraction of sp³-hybridized carbons (Fsp3) is 0.153. The Kier molecular flexibility index (Phi) is 8.82. The van der Waals surface area contributed by atoms with E-state index < -0.39 is 0 Å². The molecule has 63 heavy (non-hydrogen) atoms. The SMILES string of the molecule is Cc1ccc(N(c2ccc(C)c(C)c2)c2ccc3cc4c(cc3c2)oc2cc3oc5cc6cc(N(c7ccc(C)c(C)c7)c7ccc(C)c(C)c7)ccc6cc5c3c(C)c24)cc1C. The maximum Gasteiger partial charge on any atom is 0.139 e. The summed E-state index contributed by atoms with van der Waals surface area (Å²) in [4.78, 5) is 4.72. The first kappa shape index (κ1) is 38.6. The van der Waals surface area contributed by atoms with Gasteiger partial charge in [-0.25, -0.2) is 0 Å². The van der Waals surface area contributed by atoms with E-state index in [9.17, 15) is 0 Å². The first-order chi connectivity index (χ1) is 30.4. The van der Waals surface area contributed by atoms with E-state index in [1.807, 2.05) is 0 Å². The van der Waals surface area contributed by atoms with E-state index in [-0.39, 0.29) is 0 Å². The molecule has 0 saturated heterocycles. The highest BCUT2D eigenvalue weighted by Crippen LogP contribution is 2.45. The number of rotatable bonds is 6. The standard InChI is InChI=1S/C59H50N2O2/c1-33-10-16-46(22-37(33)5)60(47-17-11-34(2)38(6)23-47)50-20-14-42-28-52-54(30-44(42)26-50)62-56-32-57-59(41(9)58(52)56)53-29-43-15-21-51(27-45(43)31-55(53)63-57)61(48-18-12-35(3)39(7)24-48)49-19-13-36(4)40(8)25-49/h10-32H,1-9H3.